The fourth-order valence-electron chi connectivity index (χ4n) is 4.14. The molecule has 4 rings (SSSR count). The first kappa shape index (κ1) is 16.9. The first-order chi connectivity index (χ1) is 12.2. The molecule has 6 heteroatoms. The van der Waals surface area contributed by atoms with Crippen molar-refractivity contribution in [3.05, 3.63) is 53.4 Å². The normalized spacial score (nSPS) is 25.7. The van der Waals surface area contributed by atoms with E-state index in [2.05, 4.69) is 21.6 Å². The molecule has 4 nitrogen and oxygen atoms in total. The molecule has 132 valence electrons. The molecule has 2 saturated heterocycles. The number of nitrogens with zero attached hydrogens (tertiary/aromatic N) is 1. The van der Waals surface area contributed by atoms with E-state index in [0.29, 0.717) is 28.3 Å². The second kappa shape index (κ2) is 7.36. The van der Waals surface area contributed by atoms with Gasteiger partial charge in [-0.15, -0.1) is 0 Å². The van der Waals surface area contributed by atoms with E-state index in [1.807, 2.05) is 30.3 Å². The van der Waals surface area contributed by atoms with Gasteiger partial charge in [-0.05, 0) is 62.2 Å². The summed E-state index contributed by atoms with van der Waals surface area (Å²) < 4.78 is 5.53. The van der Waals surface area contributed by atoms with E-state index in [9.17, 15) is 0 Å². The van der Waals surface area contributed by atoms with Crippen LogP contribution in [0.5, 0.6) is 0 Å². The van der Waals surface area contributed by atoms with Crippen LogP contribution >= 0.6 is 23.8 Å². The standard InChI is InChI=1S/C19H22ClN3OS/c20-17-5-1-2-6-18(17)22-19(25)21-13-10-14-7-8-15(11-13)23(14)12-16-4-3-9-24-16/h1-6,9,13-15H,7-8,10-12H2,(H2,21,22,25). The Morgan fingerprint density at radius 3 is 2.60 bits per heavy atom. The van der Waals surface area contributed by atoms with Crippen molar-refractivity contribution in [1.29, 1.82) is 0 Å². The van der Waals surface area contributed by atoms with Crippen molar-refractivity contribution in [1.82, 2.24) is 10.2 Å². The molecular formula is C19H22ClN3OS. The van der Waals surface area contributed by atoms with Crippen molar-refractivity contribution in [2.45, 2.75) is 50.4 Å². The molecule has 2 aliphatic rings. The lowest BCUT2D eigenvalue weighted by Gasteiger charge is -2.39. The maximum atomic E-state index is 6.19. The zero-order valence-electron chi connectivity index (χ0n) is 14.0. The lowest BCUT2D eigenvalue weighted by molar-refractivity contribution is 0.106. The number of para-hydroxylation sites is 1. The van der Waals surface area contributed by atoms with Crippen LogP contribution in [0.4, 0.5) is 5.69 Å². The number of hydrogen-bond acceptors (Lipinski definition) is 3. The zero-order chi connectivity index (χ0) is 17.2. The molecule has 0 spiro atoms. The van der Waals surface area contributed by atoms with Gasteiger partial charge in [0.05, 0.1) is 23.5 Å². The maximum absolute atomic E-state index is 6.19. The molecule has 2 aromatic rings. The van der Waals surface area contributed by atoms with Gasteiger partial charge in [0.15, 0.2) is 5.11 Å². The highest BCUT2D eigenvalue weighted by Gasteiger charge is 2.41. The fraction of sp³-hybridized carbons (Fsp3) is 0.421. The molecule has 2 atom stereocenters. The highest BCUT2D eigenvalue weighted by Crippen LogP contribution is 2.37. The summed E-state index contributed by atoms with van der Waals surface area (Å²) in [5, 5.41) is 8.03. The summed E-state index contributed by atoms with van der Waals surface area (Å²) in [6, 6.07) is 13.3. The predicted octanol–water partition coefficient (Wildman–Crippen LogP) is 4.42. The van der Waals surface area contributed by atoms with Crippen LogP contribution in [0.1, 0.15) is 31.4 Å². The number of furan rings is 1. The Hall–Kier alpha value is -1.56. The van der Waals surface area contributed by atoms with Gasteiger partial charge in [0, 0.05) is 18.1 Å². The first-order valence-electron chi connectivity index (χ1n) is 8.79. The van der Waals surface area contributed by atoms with Crippen LogP contribution in [0, 0.1) is 0 Å². The Kier molecular flexibility index (Phi) is 4.97. The smallest absolute Gasteiger partial charge is 0.171 e. The average Bonchev–Trinajstić information content (AvgIpc) is 3.17. The molecule has 2 unspecified atom stereocenters. The summed E-state index contributed by atoms with van der Waals surface area (Å²) in [5.41, 5.74) is 0.847. The minimum absolute atomic E-state index is 0.410. The minimum atomic E-state index is 0.410. The molecule has 0 aliphatic carbocycles. The third-order valence-corrected chi connectivity index (χ3v) is 5.81. The number of nitrogens with one attached hydrogen (secondary N) is 2. The largest absolute Gasteiger partial charge is 0.468 e. The molecule has 0 saturated carbocycles. The first-order valence-corrected chi connectivity index (χ1v) is 9.58. The van der Waals surface area contributed by atoms with Crippen molar-refractivity contribution in [3.8, 4) is 0 Å². The maximum Gasteiger partial charge on any atom is 0.171 e. The van der Waals surface area contributed by atoms with Crippen molar-refractivity contribution >= 4 is 34.6 Å². The van der Waals surface area contributed by atoms with Gasteiger partial charge >= 0.3 is 0 Å². The SMILES string of the molecule is S=C(Nc1ccccc1Cl)NC1CC2CCC(C1)N2Cc1ccco1. The molecule has 2 fully saturated rings. The van der Waals surface area contributed by atoms with E-state index >= 15 is 0 Å². The highest BCUT2D eigenvalue weighted by atomic mass is 35.5. The Morgan fingerprint density at radius 2 is 1.92 bits per heavy atom. The van der Waals surface area contributed by atoms with Gasteiger partial charge in [0.2, 0.25) is 0 Å². The van der Waals surface area contributed by atoms with E-state index in [1.165, 1.54) is 12.8 Å². The molecule has 1 aromatic heterocycles. The summed E-state index contributed by atoms with van der Waals surface area (Å²) >= 11 is 11.7. The van der Waals surface area contributed by atoms with Gasteiger partial charge in [-0.25, -0.2) is 0 Å². The van der Waals surface area contributed by atoms with Crippen molar-refractivity contribution in [2.24, 2.45) is 0 Å². The van der Waals surface area contributed by atoms with Crippen LogP contribution in [0.15, 0.2) is 47.1 Å². The van der Waals surface area contributed by atoms with E-state index in [4.69, 9.17) is 28.2 Å². The van der Waals surface area contributed by atoms with Crippen molar-refractivity contribution < 1.29 is 4.42 Å². The topological polar surface area (TPSA) is 40.4 Å². The van der Waals surface area contributed by atoms with Gasteiger partial charge in [-0.1, -0.05) is 23.7 Å². The molecular weight excluding hydrogens is 354 g/mol. The summed E-state index contributed by atoms with van der Waals surface area (Å²) in [5.74, 6) is 1.05. The summed E-state index contributed by atoms with van der Waals surface area (Å²) in [4.78, 5) is 2.60. The van der Waals surface area contributed by atoms with Crippen LogP contribution in [0.25, 0.3) is 0 Å². The van der Waals surface area contributed by atoms with Gasteiger partial charge < -0.3 is 15.1 Å². The molecule has 2 aliphatic heterocycles. The molecule has 0 radical (unpaired) electrons. The zero-order valence-corrected chi connectivity index (χ0v) is 15.5. The lowest BCUT2D eigenvalue weighted by Crippen LogP contribution is -2.50. The summed E-state index contributed by atoms with van der Waals surface area (Å²) in [7, 11) is 0. The third-order valence-electron chi connectivity index (χ3n) is 5.26. The molecule has 1 aromatic carbocycles. The number of anilines is 1. The van der Waals surface area contributed by atoms with Crippen LogP contribution < -0.4 is 10.6 Å². The van der Waals surface area contributed by atoms with E-state index < -0.39 is 0 Å². The predicted molar refractivity (Wildman–Crippen MR) is 105 cm³/mol. The lowest BCUT2D eigenvalue weighted by atomic mass is 9.97. The number of rotatable bonds is 4. The quantitative estimate of drug-likeness (QED) is 0.774. The van der Waals surface area contributed by atoms with E-state index in [0.717, 1.165) is 30.8 Å². The number of benzene rings is 1. The number of piperidine rings is 1. The van der Waals surface area contributed by atoms with Crippen LogP contribution in [-0.4, -0.2) is 28.1 Å². The van der Waals surface area contributed by atoms with Gasteiger partial charge in [0.25, 0.3) is 0 Å². The van der Waals surface area contributed by atoms with Crippen LogP contribution in [0.3, 0.4) is 0 Å². The second-order valence-corrected chi connectivity index (χ2v) is 7.70. The molecule has 3 heterocycles. The molecule has 2 bridgehead atoms. The fourth-order valence-corrected chi connectivity index (χ4v) is 4.60. The second-order valence-electron chi connectivity index (χ2n) is 6.88. The summed E-state index contributed by atoms with van der Waals surface area (Å²) in [6.07, 6.45) is 6.50. The number of hydrogen-bond donors (Lipinski definition) is 2. The molecule has 0 amide bonds. The Morgan fingerprint density at radius 1 is 1.16 bits per heavy atom. The number of thiocarbonyl (C=S) groups is 1. The van der Waals surface area contributed by atoms with Gasteiger partial charge in [-0.3, -0.25) is 4.90 Å². The van der Waals surface area contributed by atoms with Gasteiger partial charge in [0.1, 0.15) is 5.76 Å². The van der Waals surface area contributed by atoms with E-state index in [1.54, 1.807) is 6.26 Å². The summed E-state index contributed by atoms with van der Waals surface area (Å²) in [6.45, 7) is 0.914. The van der Waals surface area contributed by atoms with E-state index in [-0.39, 0.29) is 0 Å². The van der Waals surface area contributed by atoms with Crippen molar-refractivity contribution in [3.63, 3.8) is 0 Å². The number of halogens is 1. The monoisotopic (exact) mass is 375 g/mol. The Bertz CT molecular complexity index is 722. The third kappa shape index (κ3) is 3.84. The van der Waals surface area contributed by atoms with Crippen LogP contribution in [-0.2, 0) is 6.54 Å². The molecule has 25 heavy (non-hydrogen) atoms. The Balaban J connectivity index is 1.33. The van der Waals surface area contributed by atoms with Crippen LogP contribution in [0.2, 0.25) is 5.02 Å². The average molecular weight is 376 g/mol. The highest BCUT2D eigenvalue weighted by molar-refractivity contribution is 7.80. The minimum Gasteiger partial charge on any atom is -0.468 e. The van der Waals surface area contributed by atoms with Crippen molar-refractivity contribution in [2.75, 3.05) is 5.32 Å². The van der Waals surface area contributed by atoms with Gasteiger partial charge in [-0.2, -0.15) is 0 Å². The Labute approximate surface area is 158 Å². The molecule has 2 N–H and O–H groups in total. The number of fused-ring (bicyclic) bond motifs is 2.